The van der Waals surface area contributed by atoms with Gasteiger partial charge >= 0.3 is 0 Å². The predicted octanol–water partition coefficient (Wildman–Crippen LogP) is 1.96. The third-order valence-corrected chi connectivity index (χ3v) is 4.73. The summed E-state index contributed by atoms with van der Waals surface area (Å²) in [5.74, 6) is 0.967. The zero-order valence-electron chi connectivity index (χ0n) is 13.6. The van der Waals surface area contributed by atoms with E-state index in [0.717, 1.165) is 44.2 Å². The quantitative estimate of drug-likeness (QED) is 0.927. The zero-order valence-corrected chi connectivity index (χ0v) is 13.6. The Labute approximate surface area is 133 Å². The van der Waals surface area contributed by atoms with E-state index >= 15 is 0 Å². The zero-order chi connectivity index (χ0) is 15.4. The minimum atomic E-state index is 0.176. The molecule has 3 rings (SSSR count). The number of nitrogens with one attached hydrogen (secondary N) is 1. The molecule has 2 heterocycles. The van der Waals surface area contributed by atoms with Gasteiger partial charge in [-0.05, 0) is 43.0 Å². The molecule has 4 nitrogen and oxygen atoms in total. The van der Waals surface area contributed by atoms with Crippen LogP contribution in [-0.4, -0.2) is 55.0 Å². The molecule has 0 saturated carbocycles. The summed E-state index contributed by atoms with van der Waals surface area (Å²) in [4.78, 5) is 17.1. The highest BCUT2D eigenvalue weighted by atomic mass is 16.2. The molecular formula is C18H27N3O. The van der Waals surface area contributed by atoms with Crippen LogP contribution in [0.1, 0.15) is 35.7 Å². The van der Waals surface area contributed by atoms with Crippen molar-refractivity contribution in [2.75, 3.05) is 39.3 Å². The van der Waals surface area contributed by atoms with Gasteiger partial charge in [0, 0.05) is 44.8 Å². The molecule has 22 heavy (non-hydrogen) atoms. The molecule has 1 amide bonds. The highest BCUT2D eigenvalue weighted by molar-refractivity contribution is 5.94. The van der Waals surface area contributed by atoms with E-state index in [0.29, 0.717) is 0 Å². The van der Waals surface area contributed by atoms with Crippen molar-refractivity contribution in [1.82, 2.24) is 15.1 Å². The molecule has 2 saturated heterocycles. The van der Waals surface area contributed by atoms with Gasteiger partial charge in [0.25, 0.3) is 5.91 Å². The SMILES string of the molecule is CC1CCCN(Cc2cccc(C(=O)N3CCNCC3)c2)C1. The number of carbonyl (C=O) groups is 1. The molecule has 2 fully saturated rings. The Morgan fingerprint density at radius 1 is 1.27 bits per heavy atom. The number of benzene rings is 1. The van der Waals surface area contributed by atoms with Crippen molar-refractivity contribution in [2.45, 2.75) is 26.3 Å². The molecule has 2 aliphatic heterocycles. The molecule has 4 heteroatoms. The Bertz CT molecular complexity index is 511. The second kappa shape index (κ2) is 7.25. The first kappa shape index (κ1) is 15.5. The Morgan fingerprint density at radius 2 is 2.09 bits per heavy atom. The summed E-state index contributed by atoms with van der Waals surface area (Å²) in [5.41, 5.74) is 2.10. The molecule has 120 valence electrons. The highest BCUT2D eigenvalue weighted by Crippen LogP contribution is 2.18. The first-order chi connectivity index (χ1) is 10.7. The lowest BCUT2D eigenvalue weighted by Crippen LogP contribution is -2.46. The largest absolute Gasteiger partial charge is 0.336 e. The van der Waals surface area contributed by atoms with Crippen LogP contribution >= 0.6 is 0 Å². The summed E-state index contributed by atoms with van der Waals surface area (Å²) in [6, 6.07) is 8.21. The van der Waals surface area contributed by atoms with Crippen molar-refractivity contribution >= 4 is 5.91 Å². The standard InChI is InChI=1S/C18H27N3O/c1-15-4-3-9-20(13-15)14-16-5-2-6-17(12-16)18(22)21-10-7-19-8-11-21/h2,5-6,12,15,19H,3-4,7-11,13-14H2,1H3. The molecule has 0 spiro atoms. The monoisotopic (exact) mass is 301 g/mol. The van der Waals surface area contributed by atoms with Crippen LogP contribution in [0.2, 0.25) is 0 Å². The molecule has 0 aromatic heterocycles. The molecule has 1 unspecified atom stereocenters. The number of hydrogen-bond acceptors (Lipinski definition) is 3. The van der Waals surface area contributed by atoms with E-state index < -0.39 is 0 Å². The number of piperidine rings is 1. The molecule has 1 aromatic rings. The smallest absolute Gasteiger partial charge is 0.253 e. The second-order valence-corrected chi connectivity index (χ2v) is 6.73. The molecule has 1 atom stereocenters. The number of rotatable bonds is 3. The average Bonchev–Trinajstić information content (AvgIpc) is 2.55. The Hall–Kier alpha value is -1.39. The van der Waals surface area contributed by atoms with E-state index in [2.05, 4.69) is 29.3 Å². The summed E-state index contributed by atoms with van der Waals surface area (Å²) in [7, 11) is 0. The van der Waals surface area contributed by atoms with Crippen molar-refractivity contribution in [2.24, 2.45) is 5.92 Å². The Morgan fingerprint density at radius 3 is 2.86 bits per heavy atom. The van der Waals surface area contributed by atoms with Crippen LogP contribution in [0.3, 0.4) is 0 Å². The Kier molecular flexibility index (Phi) is 5.11. The van der Waals surface area contributed by atoms with E-state index in [1.807, 2.05) is 17.0 Å². The Balaban J connectivity index is 1.65. The predicted molar refractivity (Wildman–Crippen MR) is 88.9 cm³/mol. The number of hydrogen-bond donors (Lipinski definition) is 1. The van der Waals surface area contributed by atoms with Crippen LogP contribution in [0.4, 0.5) is 0 Å². The third-order valence-electron chi connectivity index (χ3n) is 4.73. The fourth-order valence-corrected chi connectivity index (χ4v) is 3.54. The minimum Gasteiger partial charge on any atom is -0.336 e. The minimum absolute atomic E-state index is 0.176. The van der Waals surface area contributed by atoms with Crippen LogP contribution in [0.25, 0.3) is 0 Å². The van der Waals surface area contributed by atoms with E-state index in [1.54, 1.807) is 0 Å². The average molecular weight is 301 g/mol. The van der Waals surface area contributed by atoms with Crippen LogP contribution in [0, 0.1) is 5.92 Å². The maximum Gasteiger partial charge on any atom is 0.253 e. The van der Waals surface area contributed by atoms with Crippen LogP contribution < -0.4 is 5.32 Å². The lowest BCUT2D eigenvalue weighted by molar-refractivity contribution is 0.0735. The van der Waals surface area contributed by atoms with Crippen molar-refractivity contribution in [3.63, 3.8) is 0 Å². The van der Waals surface area contributed by atoms with Crippen LogP contribution in [0.5, 0.6) is 0 Å². The van der Waals surface area contributed by atoms with Gasteiger partial charge in [0.2, 0.25) is 0 Å². The lowest BCUT2D eigenvalue weighted by atomic mass is 9.99. The van der Waals surface area contributed by atoms with Crippen molar-refractivity contribution in [3.05, 3.63) is 35.4 Å². The first-order valence-electron chi connectivity index (χ1n) is 8.53. The molecule has 1 N–H and O–H groups in total. The van der Waals surface area contributed by atoms with Crippen molar-refractivity contribution in [3.8, 4) is 0 Å². The first-order valence-corrected chi connectivity index (χ1v) is 8.53. The molecule has 2 aliphatic rings. The maximum atomic E-state index is 12.6. The lowest BCUT2D eigenvalue weighted by Gasteiger charge is -2.31. The van der Waals surface area contributed by atoms with E-state index in [-0.39, 0.29) is 5.91 Å². The van der Waals surface area contributed by atoms with Crippen LogP contribution in [-0.2, 0) is 6.54 Å². The van der Waals surface area contributed by atoms with E-state index in [1.165, 1.54) is 31.5 Å². The van der Waals surface area contributed by atoms with Gasteiger partial charge in [-0.2, -0.15) is 0 Å². The number of nitrogens with zero attached hydrogens (tertiary/aromatic N) is 2. The topological polar surface area (TPSA) is 35.6 Å². The molecular weight excluding hydrogens is 274 g/mol. The third kappa shape index (κ3) is 3.87. The summed E-state index contributed by atoms with van der Waals surface area (Å²) in [5, 5.41) is 3.29. The van der Waals surface area contributed by atoms with Gasteiger partial charge in [0.1, 0.15) is 0 Å². The van der Waals surface area contributed by atoms with E-state index in [4.69, 9.17) is 0 Å². The highest BCUT2D eigenvalue weighted by Gasteiger charge is 2.19. The fraction of sp³-hybridized carbons (Fsp3) is 0.611. The maximum absolute atomic E-state index is 12.6. The fourth-order valence-electron chi connectivity index (χ4n) is 3.54. The summed E-state index contributed by atoms with van der Waals surface area (Å²) >= 11 is 0. The van der Waals surface area contributed by atoms with Gasteiger partial charge in [-0.3, -0.25) is 9.69 Å². The summed E-state index contributed by atoms with van der Waals surface area (Å²) in [6.45, 7) is 9.08. The van der Waals surface area contributed by atoms with Gasteiger partial charge in [-0.15, -0.1) is 0 Å². The molecule has 0 bridgehead atoms. The van der Waals surface area contributed by atoms with Gasteiger partial charge in [0.15, 0.2) is 0 Å². The molecule has 0 radical (unpaired) electrons. The molecule has 0 aliphatic carbocycles. The number of piperazine rings is 1. The summed E-state index contributed by atoms with van der Waals surface area (Å²) in [6.07, 6.45) is 2.64. The van der Waals surface area contributed by atoms with Gasteiger partial charge in [-0.25, -0.2) is 0 Å². The number of carbonyl (C=O) groups excluding carboxylic acids is 1. The number of likely N-dealkylation sites (tertiary alicyclic amines) is 1. The normalized spacial score (nSPS) is 23.5. The second-order valence-electron chi connectivity index (χ2n) is 6.73. The van der Waals surface area contributed by atoms with E-state index in [9.17, 15) is 4.79 Å². The molecule has 1 aromatic carbocycles. The van der Waals surface area contributed by atoms with Gasteiger partial charge in [-0.1, -0.05) is 19.1 Å². The van der Waals surface area contributed by atoms with Crippen molar-refractivity contribution in [1.29, 1.82) is 0 Å². The van der Waals surface area contributed by atoms with Gasteiger partial charge in [0.05, 0.1) is 0 Å². The number of amides is 1. The summed E-state index contributed by atoms with van der Waals surface area (Å²) < 4.78 is 0. The van der Waals surface area contributed by atoms with Crippen LogP contribution in [0.15, 0.2) is 24.3 Å². The van der Waals surface area contributed by atoms with Gasteiger partial charge < -0.3 is 10.2 Å². The van der Waals surface area contributed by atoms with Crippen molar-refractivity contribution < 1.29 is 4.79 Å².